The lowest BCUT2D eigenvalue weighted by Crippen LogP contribution is -2.33. The summed E-state index contributed by atoms with van der Waals surface area (Å²) in [6.45, 7) is 3.82. The van der Waals surface area contributed by atoms with E-state index in [0.717, 1.165) is 25.9 Å². The van der Waals surface area contributed by atoms with Gasteiger partial charge in [-0.3, -0.25) is 0 Å². The number of hydrogen-bond acceptors (Lipinski definition) is 2. The highest BCUT2D eigenvalue weighted by Crippen LogP contribution is 2.31. The molecule has 98 valence electrons. The fourth-order valence-corrected chi connectivity index (χ4v) is 2.70. The van der Waals surface area contributed by atoms with Crippen LogP contribution in [0.4, 0.5) is 10.1 Å². The fraction of sp³-hybridized carbons (Fsp3) is 0.462. The van der Waals surface area contributed by atoms with E-state index in [1.807, 2.05) is 4.90 Å². The minimum absolute atomic E-state index is 0.0334. The van der Waals surface area contributed by atoms with Crippen molar-refractivity contribution in [1.29, 1.82) is 0 Å². The Hall–Kier alpha value is -1.10. The average molecular weight is 316 g/mol. The molecule has 0 saturated carbocycles. The molecule has 1 N–H and O–H groups in total. The van der Waals surface area contributed by atoms with E-state index in [2.05, 4.69) is 22.9 Å². The van der Waals surface area contributed by atoms with E-state index < -0.39 is 11.8 Å². The molecule has 1 heterocycles. The van der Waals surface area contributed by atoms with Crippen LogP contribution in [0.5, 0.6) is 0 Å². The second kappa shape index (κ2) is 5.26. The van der Waals surface area contributed by atoms with Crippen LogP contribution in [0.25, 0.3) is 0 Å². The summed E-state index contributed by atoms with van der Waals surface area (Å²) in [5.41, 5.74) is 0.445. The predicted octanol–water partition coefficient (Wildman–Crippen LogP) is 3.52. The summed E-state index contributed by atoms with van der Waals surface area (Å²) in [7, 11) is 0. The highest BCUT2D eigenvalue weighted by molar-refractivity contribution is 9.10. The number of nitrogens with zero attached hydrogens (tertiary/aromatic N) is 1. The van der Waals surface area contributed by atoms with Crippen molar-refractivity contribution in [3.63, 3.8) is 0 Å². The van der Waals surface area contributed by atoms with Gasteiger partial charge in [-0.05, 0) is 46.8 Å². The molecule has 1 saturated heterocycles. The van der Waals surface area contributed by atoms with Gasteiger partial charge in [-0.1, -0.05) is 6.92 Å². The van der Waals surface area contributed by atoms with E-state index in [9.17, 15) is 9.18 Å². The van der Waals surface area contributed by atoms with Crippen LogP contribution >= 0.6 is 15.9 Å². The molecule has 0 aromatic heterocycles. The Kier molecular flexibility index (Phi) is 3.90. The molecule has 0 radical (unpaired) electrons. The van der Waals surface area contributed by atoms with Gasteiger partial charge in [-0.2, -0.15) is 0 Å². The highest BCUT2D eigenvalue weighted by Gasteiger charge is 2.22. The Morgan fingerprint density at radius 1 is 1.44 bits per heavy atom. The van der Waals surface area contributed by atoms with Crippen molar-refractivity contribution in [3.05, 3.63) is 28.0 Å². The molecule has 0 aliphatic carbocycles. The third kappa shape index (κ3) is 2.51. The molecule has 0 unspecified atom stereocenters. The molecule has 1 aliphatic heterocycles. The molecule has 0 atom stereocenters. The van der Waals surface area contributed by atoms with Crippen molar-refractivity contribution >= 4 is 27.6 Å². The fourth-order valence-electron chi connectivity index (χ4n) is 2.20. The summed E-state index contributed by atoms with van der Waals surface area (Å²) < 4.78 is 14.2. The molecule has 1 fully saturated rings. The number of halogens is 2. The van der Waals surface area contributed by atoms with Gasteiger partial charge in [0, 0.05) is 13.1 Å². The number of piperidine rings is 1. The maximum atomic E-state index is 14.2. The van der Waals surface area contributed by atoms with Crippen LogP contribution in [0.1, 0.15) is 30.1 Å². The van der Waals surface area contributed by atoms with Crippen molar-refractivity contribution in [1.82, 2.24) is 0 Å². The molecule has 3 nitrogen and oxygen atoms in total. The van der Waals surface area contributed by atoms with Crippen molar-refractivity contribution in [3.8, 4) is 0 Å². The summed E-state index contributed by atoms with van der Waals surface area (Å²) in [5.74, 6) is -0.935. The quantitative estimate of drug-likeness (QED) is 0.907. The highest BCUT2D eigenvalue weighted by atomic mass is 79.9. The number of benzene rings is 1. The van der Waals surface area contributed by atoms with Crippen molar-refractivity contribution < 1.29 is 14.3 Å². The van der Waals surface area contributed by atoms with Gasteiger partial charge in [-0.25, -0.2) is 9.18 Å². The van der Waals surface area contributed by atoms with E-state index in [1.54, 1.807) is 6.07 Å². The molecule has 5 heteroatoms. The van der Waals surface area contributed by atoms with Gasteiger partial charge >= 0.3 is 5.97 Å². The van der Waals surface area contributed by atoms with Crippen molar-refractivity contribution in [2.24, 2.45) is 5.92 Å². The standard InChI is InChI=1S/C13H15BrFNO2/c1-8-4-6-16(7-5-8)10-3-2-9(13(17)18)11(14)12(10)15/h2-3,8H,4-7H2,1H3,(H,17,18). The number of carboxylic acids is 1. The zero-order valence-electron chi connectivity index (χ0n) is 10.1. The number of carbonyl (C=O) groups is 1. The lowest BCUT2D eigenvalue weighted by molar-refractivity contribution is 0.0695. The van der Waals surface area contributed by atoms with E-state index in [-0.39, 0.29) is 10.0 Å². The third-order valence-electron chi connectivity index (χ3n) is 3.42. The SMILES string of the molecule is CC1CCN(c2ccc(C(=O)O)c(Br)c2F)CC1. The van der Waals surface area contributed by atoms with Gasteiger partial charge < -0.3 is 10.0 Å². The normalized spacial score (nSPS) is 16.9. The number of hydrogen-bond donors (Lipinski definition) is 1. The van der Waals surface area contributed by atoms with Gasteiger partial charge in [0.25, 0.3) is 0 Å². The first-order valence-corrected chi connectivity index (χ1v) is 6.76. The molecule has 0 spiro atoms. The molecule has 2 rings (SSSR count). The Bertz CT molecular complexity index is 470. The Balaban J connectivity index is 2.30. The molecule has 0 amide bonds. The summed E-state index contributed by atoms with van der Waals surface area (Å²) in [6.07, 6.45) is 2.08. The molecular weight excluding hydrogens is 301 g/mol. The lowest BCUT2D eigenvalue weighted by atomic mass is 9.98. The summed E-state index contributed by atoms with van der Waals surface area (Å²) in [4.78, 5) is 12.9. The Morgan fingerprint density at radius 2 is 2.06 bits per heavy atom. The topological polar surface area (TPSA) is 40.5 Å². The monoisotopic (exact) mass is 315 g/mol. The van der Waals surface area contributed by atoms with Crippen LogP contribution in [0.15, 0.2) is 16.6 Å². The van der Waals surface area contributed by atoms with E-state index >= 15 is 0 Å². The average Bonchev–Trinajstić information content (AvgIpc) is 2.33. The maximum absolute atomic E-state index is 14.2. The van der Waals surface area contributed by atoms with Gasteiger partial charge in [0.2, 0.25) is 0 Å². The third-order valence-corrected chi connectivity index (χ3v) is 4.19. The van der Waals surface area contributed by atoms with Gasteiger partial charge in [0.1, 0.15) is 0 Å². The molecule has 1 aliphatic rings. The van der Waals surface area contributed by atoms with Crippen LogP contribution in [-0.4, -0.2) is 24.2 Å². The first-order valence-electron chi connectivity index (χ1n) is 5.97. The number of rotatable bonds is 2. The number of carboxylic acid groups (broad SMARTS) is 1. The summed E-state index contributed by atoms with van der Waals surface area (Å²) in [5, 5.41) is 8.92. The maximum Gasteiger partial charge on any atom is 0.336 e. The smallest absolute Gasteiger partial charge is 0.336 e. The molecule has 18 heavy (non-hydrogen) atoms. The minimum atomic E-state index is -1.13. The van der Waals surface area contributed by atoms with E-state index in [1.165, 1.54) is 6.07 Å². The minimum Gasteiger partial charge on any atom is -0.478 e. The second-order valence-corrected chi connectivity index (χ2v) is 5.53. The number of anilines is 1. The zero-order valence-corrected chi connectivity index (χ0v) is 11.7. The molecule has 0 bridgehead atoms. The number of aromatic carboxylic acids is 1. The van der Waals surface area contributed by atoms with Crippen LogP contribution in [0.3, 0.4) is 0 Å². The lowest BCUT2D eigenvalue weighted by Gasteiger charge is -2.32. The Labute approximate surface area is 114 Å². The van der Waals surface area contributed by atoms with Crippen molar-refractivity contribution in [2.45, 2.75) is 19.8 Å². The van der Waals surface area contributed by atoms with E-state index in [0.29, 0.717) is 11.6 Å². The molecular formula is C13H15BrFNO2. The largest absolute Gasteiger partial charge is 0.478 e. The van der Waals surface area contributed by atoms with Crippen molar-refractivity contribution in [2.75, 3.05) is 18.0 Å². The van der Waals surface area contributed by atoms with Gasteiger partial charge in [0.15, 0.2) is 5.82 Å². The Morgan fingerprint density at radius 3 is 2.61 bits per heavy atom. The van der Waals surface area contributed by atoms with Gasteiger partial charge in [-0.15, -0.1) is 0 Å². The summed E-state index contributed by atoms with van der Waals surface area (Å²) in [6, 6.07) is 3.00. The summed E-state index contributed by atoms with van der Waals surface area (Å²) >= 11 is 3.03. The first kappa shape index (κ1) is 13.3. The van der Waals surface area contributed by atoms with Crippen LogP contribution in [0.2, 0.25) is 0 Å². The van der Waals surface area contributed by atoms with Crippen LogP contribution in [-0.2, 0) is 0 Å². The van der Waals surface area contributed by atoms with Crippen LogP contribution in [0, 0.1) is 11.7 Å². The molecule has 1 aromatic carbocycles. The predicted molar refractivity (Wildman–Crippen MR) is 71.7 cm³/mol. The van der Waals surface area contributed by atoms with Crippen LogP contribution < -0.4 is 4.90 Å². The molecule has 1 aromatic rings. The first-order chi connectivity index (χ1) is 8.50. The second-order valence-electron chi connectivity index (χ2n) is 4.73. The zero-order chi connectivity index (χ0) is 13.3. The van der Waals surface area contributed by atoms with E-state index in [4.69, 9.17) is 5.11 Å². The van der Waals surface area contributed by atoms with Gasteiger partial charge in [0.05, 0.1) is 15.7 Å².